The van der Waals surface area contributed by atoms with Crippen LogP contribution < -0.4 is 5.32 Å². The number of hydrogen-bond acceptors (Lipinski definition) is 2. The fourth-order valence-electron chi connectivity index (χ4n) is 2.45. The molecule has 2 rings (SSSR count). The SMILES string of the molecule is CC(C)NCC(O)(CCc1ccccc1)c1ccccc1. The van der Waals surface area contributed by atoms with Gasteiger partial charge in [-0.1, -0.05) is 74.5 Å². The van der Waals surface area contributed by atoms with Crippen LogP contribution in [0.15, 0.2) is 60.7 Å². The Bertz CT molecular complexity index is 524. The summed E-state index contributed by atoms with van der Waals surface area (Å²) in [6.07, 6.45) is 1.58. The van der Waals surface area contributed by atoms with Gasteiger partial charge in [0.1, 0.15) is 5.60 Å². The summed E-state index contributed by atoms with van der Waals surface area (Å²) in [4.78, 5) is 0. The van der Waals surface area contributed by atoms with Crippen molar-refractivity contribution in [2.24, 2.45) is 0 Å². The van der Waals surface area contributed by atoms with Gasteiger partial charge >= 0.3 is 0 Å². The summed E-state index contributed by atoms with van der Waals surface area (Å²) in [5, 5.41) is 14.5. The molecule has 0 fully saturated rings. The van der Waals surface area contributed by atoms with Crippen molar-refractivity contribution in [3.63, 3.8) is 0 Å². The van der Waals surface area contributed by atoms with Crippen LogP contribution in [0, 0.1) is 0 Å². The van der Waals surface area contributed by atoms with E-state index in [4.69, 9.17) is 0 Å². The van der Waals surface area contributed by atoms with E-state index in [9.17, 15) is 5.11 Å². The Morgan fingerprint density at radius 2 is 1.52 bits per heavy atom. The van der Waals surface area contributed by atoms with Crippen LogP contribution in [0.25, 0.3) is 0 Å². The highest BCUT2D eigenvalue weighted by atomic mass is 16.3. The molecule has 1 unspecified atom stereocenters. The molecule has 0 heterocycles. The Kier molecular flexibility index (Phi) is 5.54. The molecule has 1 atom stereocenters. The van der Waals surface area contributed by atoms with Crippen LogP contribution in [0.2, 0.25) is 0 Å². The van der Waals surface area contributed by atoms with E-state index in [1.807, 2.05) is 48.5 Å². The van der Waals surface area contributed by atoms with Gasteiger partial charge in [-0.05, 0) is 24.0 Å². The third kappa shape index (κ3) is 4.69. The van der Waals surface area contributed by atoms with E-state index in [1.165, 1.54) is 5.56 Å². The lowest BCUT2D eigenvalue weighted by atomic mass is 9.87. The Morgan fingerprint density at radius 1 is 0.952 bits per heavy atom. The average Bonchev–Trinajstić information content (AvgIpc) is 2.53. The van der Waals surface area contributed by atoms with Crippen LogP contribution in [0.4, 0.5) is 0 Å². The quantitative estimate of drug-likeness (QED) is 0.815. The summed E-state index contributed by atoms with van der Waals surface area (Å²) < 4.78 is 0. The predicted octanol–water partition coefficient (Wildman–Crippen LogP) is 3.51. The van der Waals surface area contributed by atoms with E-state index in [-0.39, 0.29) is 0 Å². The second-order valence-electron chi connectivity index (χ2n) is 5.92. The number of aryl methyl sites for hydroxylation is 1. The largest absolute Gasteiger partial charge is 0.384 e. The molecule has 0 saturated carbocycles. The number of aliphatic hydroxyl groups is 1. The normalized spacial score (nSPS) is 14.1. The molecule has 2 N–H and O–H groups in total. The van der Waals surface area contributed by atoms with E-state index in [0.29, 0.717) is 19.0 Å². The fourth-order valence-corrected chi connectivity index (χ4v) is 2.45. The van der Waals surface area contributed by atoms with Gasteiger partial charge < -0.3 is 10.4 Å². The average molecular weight is 283 g/mol. The van der Waals surface area contributed by atoms with Crippen LogP contribution in [-0.2, 0) is 12.0 Å². The third-order valence-electron chi connectivity index (χ3n) is 3.78. The first-order chi connectivity index (χ1) is 10.1. The lowest BCUT2D eigenvalue weighted by molar-refractivity contribution is 0.0262. The molecule has 0 aromatic heterocycles. The fraction of sp³-hybridized carbons (Fsp3) is 0.368. The highest BCUT2D eigenvalue weighted by Gasteiger charge is 2.28. The Balaban J connectivity index is 2.12. The number of hydrogen-bond donors (Lipinski definition) is 2. The van der Waals surface area contributed by atoms with E-state index in [2.05, 4.69) is 31.3 Å². The molecule has 112 valence electrons. The molecule has 0 bridgehead atoms. The molecule has 0 amide bonds. The Morgan fingerprint density at radius 3 is 2.10 bits per heavy atom. The minimum Gasteiger partial charge on any atom is -0.384 e. The monoisotopic (exact) mass is 283 g/mol. The highest BCUT2D eigenvalue weighted by Crippen LogP contribution is 2.26. The third-order valence-corrected chi connectivity index (χ3v) is 3.78. The molecule has 21 heavy (non-hydrogen) atoms. The molecule has 0 spiro atoms. The standard InChI is InChI=1S/C19H25NO/c1-16(2)20-15-19(21,18-11-7-4-8-12-18)14-13-17-9-5-3-6-10-17/h3-12,16,20-21H,13-15H2,1-2H3. The van der Waals surface area contributed by atoms with Gasteiger partial charge in [-0.25, -0.2) is 0 Å². The van der Waals surface area contributed by atoms with Gasteiger partial charge in [0.05, 0.1) is 0 Å². The van der Waals surface area contributed by atoms with Gasteiger partial charge in [-0.2, -0.15) is 0 Å². The molecule has 0 aliphatic carbocycles. The van der Waals surface area contributed by atoms with Crippen molar-refractivity contribution < 1.29 is 5.11 Å². The maximum absolute atomic E-state index is 11.1. The topological polar surface area (TPSA) is 32.3 Å². The first kappa shape index (κ1) is 15.7. The van der Waals surface area contributed by atoms with Crippen LogP contribution in [0.5, 0.6) is 0 Å². The zero-order valence-corrected chi connectivity index (χ0v) is 12.9. The minimum absolute atomic E-state index is 0.358. The zero-order chi connectivity index (χ0) is 15.1. The van der Waals surface area contributed by atoms with Crippen LogP contribution in [0.3, 0.4) is 0 Å². The van der Waals surface area contributed by atoms with Gasteiger partial charge in [0.2, 0.25) is 0 Å². The number of benzene rings is 2. The second kappa shape index (κ2) is 7.39. The predicted molar refractivity (Wildman–Crippen MR) is 88.2 cm³/mol. The molecule has 2 aromatic rings. The summed E-state index contributed by atoms with van der Waals surface area (Å²) in [5.74, 6) is 0. The molecular formula is C19H25NO. The van der Waals surface area contributed by atoms with Gasteiger partial charge in [-0.3, -0.25) is 0 Å². The first-order valence-corrected chi connectivity index (χ1v) is 7.65. The molecule has 0 aliphatic heterocycles. The van der Waals surface area contributed by atoms with Crippen molar-refractivity contribution >= 4 is 0 Å². The zero-order valence-electron chi connectivity index (χ0n) is 12.9. The Labute approximate surface area is 127 Å². The van der Waals surface area contributed by atoms with Crippen LogP contribution in [0.1, 0.15) is 31.4 Å². The van der Waals surface area contributed by atoms with Crippen molar-refractivity contribution in [2.45, 2.75) is 38.3 Å². The van der Waals surface area contributed by atoms with Crippen molar-refractivity contribution in [3.8, 4) is 0 Å². The van der Waals surface area contributed by atoms with Crippen molar-refractivity contribution in [2.75, 3.05) is 6.54 Å². The van der Waals surface area contributed by atoms with Gasteiger partial charge in [0.15, 0.2) is 0 Å². The van der Waals surface area contributed by atoms with Crippen molar-refractivity contribution in [1.29, 1.82) is 0 Å². The molecule has 0 aliphatic rings. The molecule has 0 saturated heterocycles. The van der Waals surface area contributed by atoms with Crippen LogP contribution >= 0.6 is 0 Å². The lowest BCUT2D eigenvalue weighted by Gasteiger charge is -2.30. The molecule has 2 nitrogen and oxygen atoms in total. The molecule has 2 heteroatoms. The summed E-state index contributed by atoms with van der Waals surface area (Å²) >= 11 is 0. The maximum atomic E-state index is 11.1. The molecular weight excluding hydrogens is 258 g/mol. The minimum atomic E-state index is -0.832. The second-order valence-corrected chi connectivity index (χ2v) is 5.92. The van der Waals surface area contributed by atoms with E-state index in [1.54, 1.807) is 0 Å². The molecule has 0 radical (unpaired) electrons. The number of nitrogens with one attached hydrogen (secondary N) is 1. The summed E-state index contributed by atoms with van der Waals surface area (Å²) in [6.45, 7) is 4.77. The van der Waals surface area contributed by atoms with Gasteiger partial charge in [0, 0.05) is 12.6 Å². The van der Waals surface area contributed by atoms with E-state index < -0.39 is 5.60 Å². The molecule has 2 aromatic carbocycles. The van der Waals surface area contributed by atoms with Gasteiger partial charge in [0.25, 0.3) is 0 Å². The first-order valence-electron chi connectivity index (χ1n) is 7.65. The number of rotatable bonds is 7. The van der Waals surface area contributed by atoms with Crippen LogP contribution in [-0.4, -0.2) is 17.7 Å². The van der Waals surface area contributed by atoms with E-state index >= 15 is 0 Å². The summed E-state index contributed by atoms with van der Waals surface area (Å²) in [6, 6.07) is 20.7. The smallest absolute Gasteiger partial charge is 0.102 e. The van der Waals surface area contributed by atoms with Crippen molar-refractivity contribution in [3.05, 3.63) is 71.8 Å². The maximum Gasteiger partial charge on any atom is 0.102 e. The summed E-state index contributed by atoms with van der Waals surface area (Å²) in [7, 11) is 0. The van der Waals surface area contributed by atoms with E-state index in [0.717, 1.165) is 12.0 Å². The summed E-state index contributed by atoms with van der Waals surface area (Å²) in [5.41, 5.74) is 1.41. The van der Waals surface area contributed by atoms with Gasteiger partial charge in [-0.15, -0.1) is 0 Å². The Hall–Kier alpha value is -1.64. The van der Waals surface area contributed by atoms with Crippen molar-refractivity contribution in [1.82, 2.24) is 5.32 Å². The highest BCUT2D eigenvalue weighted by molar-refractivity contribution is 5.24. The lowest BCUT2D eigenvalue weighted by Crippen LogP contribution is -2.41.